The van der Waals surface area contributed by atoms with Gasteiger partial charge in [-0.3, -0.25) is 4.79 Å². The summed E-state index contributed by atoms with van der Waals surface area (Å²) in [6.07, 6.45) is -1.46. The third kappa shape index (κ3) is 6.23. The Morgan fingerprint density at radius 1 is 1.39 bits per heavy atom. The Labute approximate surface area is 106 Å². The quantitative estimate of drug-likeness (QED) is 0.828. The van der Waals surface area contributed by atoms with Crippen LogP contribution in [-0.2, 0) is 4.79 Å². The van der Waals surface area contributed by atoms with E-state index in [4.69, 9.17) is 0 Å². The van der Waals surface area contributed by atoms with Gasteiger partial charge in [-0.25, -0.2) is 0 Å². The highest BCUT2D eigenvalue weighted by atomic mass is 19.4. The van der Waals surface area contributed by atoms with Crippen LogP contribution in [-0.4, -0.2) is 43.2 Å². The van der Waals surface area contributed by atoms with Crippen molar-refractivity contribution in [1.29, 1.82) is 0 Å². The van der Waals surface area contributed by atoms with E-state index in [1.54, 1.807) is 7.05 Å². The van der Waals surface area contributed by atoms with Crippen molar-refractivity contribution < 1.29 is 18.0 Å². The highest BCUT2D eigenvalue weighted by molar-refractivity contribution is 5.75. The first kappa shape index (κ1) is 15.3. The van der Waals surface area contributed by atoms with E-state index in [-0.39, 0.29) is 0 Å². The van der Waals surface area contributed by atoms with E-state index in [1.807, 2.05) is 0 Å². The summed E-state index contributed by atoms with van der Waals surface area (Å²) in [5.74, 6) is -0.428. The number of alkyl halides is 3. The zero-order valence-electron chi connectivity index (χ0n) is 10.7. The van der Waals surface area contributed by atoms with Gasteiger partial charge in [0, 0.05) is 26.1 Å². The first-order chi connectivity index (χ1) is 8.38. The van der Waals surface area contributed by atoms with Gasteiger partial charge in [0.2, 0.25) is 5.91 Å². The van der Waals surface area contributed by atoms with E-state index >= 15 is 0 Å². The average molecular weight is 266 g/mol. The molecule has 1 saturated heterocycles. The van der Waals surface area contributed by atoms with Gasteiger partial charge < -0.3 is 10.2 Å². The molecule has 1 fully saturated rings. The molecule has 106 valence electrons. The maximum Gasteiger partial charge on any atom is 0.389 e. The molecule has 1 N–H and O–H groups in total. The first-order valence-electron chi connectivity index (χ1n) is 6.42. The lowest BCUT2D eigenvalue weighted by atomic mass is 10.0. The number of carbonyl (C=O) groups is 1. The van der Waals surface area contributed by atoms with Crippen molar-refractivity contribution in [3.05, 3.63) is 0 Å². The predicted molar refractivity (Wildman–Crippen MR) is 63.2 cm³/mol. The number of piperidine rings is 1. The Bertz CT molecular complexity index is 263. The fraction of sp³-hybridized carbons (Fsp3) is 0.917. The zero-order valence-corrected chi connectivity index (χ0v) is 10.7. The minimum Gasteiger partial charge on any atom is -0.346 e. The molecule has 0 aliphatic carbocycles. The van der Waals surface area contributed by atoms with Crippen LogP contribution in [0.15, 0.2) is 0 Å². The van der Waals surface area contributed by atoms with Gasteiger partial charge in [-0.05, 0) is 25.8 Å². The highest BCUT2D eigenvalue weighted by Crippen LogP contribution is 2.21. The summed E-state index contributed by atoms with van der Waals surface area (Å²) in [5.41, 5.74) is 0. The Kier molecular flexibility index (Phi) is 5.91. The number of rotatable bonds is 5. The van der Waals surface area contributed by atoms with Gasteiger partial charge in [0.1, 0.15) is 0 Å². The standard InChI is InChI=1S/C12H21F3N2O/c1-17(11(18)5-7-12(13,14)15)9-6-10-4-2-3-8-16-10/h10,16H,2-9H2,1H3. The molecule has 18 heavy (non-hydrogen) atoms. The topological polar surface area (TPSA) is 32.3 Å². The summed E-state index contributed by atoms with van der Waals surface area (Å²) in [5, 5.41) is 3.35. The van der Waals surface area contributed by atoms with Crippen LogP contribution >= 0.6 is 0 Å². The maximum absolute atomic E-state index is 12.0. The molecule has 1 amide bonds. The minimum atomic E-state index is -4.25. The van der Waals surface area contributed by atoms with E-state index in [1.165, 1.54) is 17.7 Å². The summed E-state index contributed by atoms with van der Waals surface area (Å²) in [7, 11) is 1.57. The van der Waals surface area contributed by atoms with Crippen molar-refractivity contribution in [2.45, 2.75) is 50.7 Å². The van der Waals surface area contributed by atoms with Gasteiger partial charge in [0.05, 0.1) is 6.42 Å². The number of amides is 1. The lowest BCUT2D eigenvalue weighted by Crippen LogP contribution is -2.38. The van der Waals surface area contributed by atoms with Crippen LogP contribution in [0.3, 0.4) is 0 Å². The summed E-state index contributed by atoms with van der Waals surface area (Å²) >= 11 is 0. The number of halogens is 3. The number of hydrogen-bond donors (Lipinski definition) is 1. The van der Waals surface area contributed by atoms with Crippen LogP contribution in [0, 0.1) is 0 Å². The lowest BCUT2D eigenvalue weighted by Gasteiger charge is -2.26. The maximum atomic E-state index is 12.0. The predicted octanol–water partition coefficient (Wildman–Crippen LogP) is 2.32. The molecule has 1 unspecified atom stereocenters. The SMILES string of the molecule is CN(CCC1CCCCN1)C(=O)CCC(F)(F)F. The van der Waals surface area contributed by atoms with E-state index in [2.05, 4.69) is 5.32 Å². The Hall–Kier alpha value is -0.780. The molecule has 1 aliphatic rings. The molecule has 0 aromatic rings. The van der Waals surface area contributed by atoms with Crippen LogP contribution in [0.4, 0.5) is 13.2 Å². The van der Waals surface area contributed by atoms with Gasteiger partial charge in [0.15, 0.2) is 0 Å². The second-order valence-electron chi connectivity index (χ2n) is 4.87. The Balaban J connectivity index is 2.18. The monoisotopic (exact) mass is 266 g/mol. The zero-order chi connectivity index (χ0) is 13.6. The van der Waals surface area contributed by atoms with Crippen LogP contribution in [0.2, 0.25) is 0 Å². The van der Waals surface area contributed by atoms with Gasteiger partial charge in [0.25, 0.3) is 0 Å². The second kappa shape index (κ2) is 6.97. The summed E-state index contributed by atoms with van der Waals surface area (Å²) in [6.45, 7) is 1.52. The summed E-state index contributed by atoms with van der Waals surface area (Å²) in [4.78, 5) is 12.9. The number of nitrogens with zero attached hydrogens (tertiary/aromatic N) is 1. The van der Waals surface area contributed by atoms with Crippen LogP contribution < -0.4 is 5.32 Å². The number of hydrogen-bond acceptors (Lipinski definition) is 2. The van der Waals surface area contributed by atoms with Crippen molar-refractivity contribution >= 4 is 5.91 Å². The molecule has 0 bridgehead atoms. The smallest absolute Gasteiger partial charge is 0.346 e. The minimum absolute atomic E-state index is 0.400. The molecule has 0 spiro atoms. The van der Waals surface area contributed by atoms with Gasteiger partial charge in [-0.1, -0.05) is 6.42 Å². The van der Waals surface area contributed by atoms with E-state index < -0.39 is 24.9 Å². The summed E-state index contributed by atoms with van der Waals surface area (Å²) in [6, 6.07) is 0.400. The molecule has 0 saturated carbocycles. The van der Waals surface area contributed by atoms with Crippen LogP contribution in [0.5, 0.6) is 0 Å². The molecule has 1 rings (SSSR count). The largest absolute Gasteiger partial charge is 0.389 e. The third-order valence-corrected chi connectivity index (χ3v) is 3.27. The summed E-state index contributed by atoms with van der Waals surface area (Å²) < 4.78 is 35.9. The van der Waals surface area contributed by atoms with E-state index in [0.717, 1.165) is 19.4 Å². The van der Waals surface area contributed by atoms with Crippen molar-refractivity contribution in [3.8, 4) is 0 Å². The second-order valence-corrected chi connectivity index (χ2v) is 4.87. The van der Waals surface area contributed by atoms with Gasteiger partial charge >= 0.3 is 6.18 Å². The molecule has 6 heteroatoms. The van der Waals surface area contributed by atoms with Gasteiger partial charge in [-0.2, -0.15) is 13.2 Å². The van der Waals surface area contributed by atoms with E-state index in [9.17, 15) is 18.0 Å². The van der Waals surface area contributed by atoms with Crippen LogP contribution in [0.1, 0.15) is 38.5 Å². The Morgan fingerprint density at radius 3 is 2.67 bits per heavy atom. The molecule has 0 aromatic heterocycles. The molecule has 3 nitrogen and oxygen atoms in total. The molecular formula is C12H21F3N2O. The lowest BCUT2D eigenvalue weighted by molar-refractivity contribution is -0.148. The molecular weight excluding hydrogens is 245 g/mol. The Morgan fingerprint density at radius 2 is 2.11 bits per heavy atom. The molecule has 0 aromatic carbocycles. The first-order valence-corrected chi connectivity index (χ1v) is 6.42. The fourth-order valence-electron chi connectivity index (χ4n) is 2.08. The van der Waals surface area contributed by atoms with Crippen molar-refractivity contribution in [2.75, 3.05) is 20.1 Å². The van der Waals surface area contributed by atoms with Crippen LogP contribution in [0.25, 0.3) is 0 Å². The molecule has 1 heterocycles. The van der Waals surface area contributed by atoms with Crippen molar-refractivity contribution in [3.63, 3.8) is 0 Å². The highest BCUT2D eigenvalue weighted by Gasteiger charge is 2.28. The molecule has 1 atom stereocenters. The number of nitrogens with one attached hydrogen (secondary N) is 1. The normalized spacial score (nSPS) is 20.8. The molecule has 0 radical (unpaired) electrons. The number of carbonyl (C=O) groups excluding carboxylic acids is 1. The van der Waals surface area contributed by atoms with Crippen molar-refractivity contribution in [2.24, 2.45) is 0 Å². The molecule has 1 aliphatic heterocycles. The van der Waals surface area contributed by atoms with Gasteiger partial charge in [-0.15, -0.1) is 0 Å². The van der Waals surface area contributed by atoms with Crippen molar-refractivity contribution in [1.82, 2.24) is 10.2 Å². The van der Waals surface area contributed by atoms with E-state index in [0.29, 0.717) is 12.6 Å². The fourth-order valence-corrected chi connectivity index (χ4v) is 2.08. The third-order valence-electron chi connectivity index (χ3n) is 3.27. The average Bonchev–Trinajstić information content (AvgIpc) is 2.33.